The quantitative estimate of drug-likeness (QED) is 0.754. The van der Waals surface area contributed by atoms with Crippen LogP contribution in [0.3, 0.4) is 0 Å². The van der Waals surface area contributed by atoms with Crippen molar-refractivity contribution in [3.8, 4) is 11.3 Å². The summed E-state index contributed by atoms with van der Waals surface area (Å²) in [5, 5.41) is 7.54. The van der Waals surface area contributed by atoms with Gasteiger partial charge in [-0.15, -0.1) is 0 Å². The van der Waals surface area contributed by atoms with Gasteiger partial charge in [-0.05, 0) is 31.5 Å². The van der Waals surface area contributed by atoms with Crippen LogP contribution in [0.5, 0.6) is 0 Å². The molecule has 0 radical (unpaired) electrons. The maximum atomic E-state index is 4.55. The first-order valence-electron chi connectivity index (χ1n) is 7.65. The van der Waals surface area contributed by atoms with E-state index >= 15 is 0 Å². The van der Waals surface area contributed by atoms with E-state index in [1.54, 1.807) is 24.9 Å². The van der Waals surface area contributed by atoms with Gasteiger partial charge in [0.2, 0.25) is 5.95 Å². The van der Waals surface area contributed by atoms with E-state index in [1.165, 1.54) is 0 Å². The van der Waals surface area contributed by atoms with Crippen molar-refractivity contribution in [3.63, 3.8) is 0 Å². The van der Waals surface area contributed by atoms with Crippen LogP contribution in [0.15, 0.2) is 43.1 Å². The van der Waals surface area contributed by atoms with Crippen LogP contribution in [0.1, 0.15) is 32.1 Å². The van der Waals surface area contributed by atoms with Gasteiger partial charge in [0.25, 0.3) is 0 Å². The van der Waals surface area contributed by atoms with Crippen LogP contribution >= 0.6 is 0 Å². The summed E-state index contributed by atoms with van der Waals surface area (Å²) in [7, 11) is 0. The average molecular weight is 309 g/mol. The smallest absolute Gasteiger partial charge is 0.223 e. The van der Waals surface area contributed by atoms with Crippen LogP contribution in [0, 0.1) is 0 Å². The highest BCUT2D eigenvalue weighted by atomic mass is 15.3. The van der Waals surface area contributed by atoms with Crippen LogP contribution in [0.4, 0.5) is 5.95 Å². The second kappa shape index (κ2) is 6.95. The molecule has 3 aromatic rings. The number of aryl methyl sites for hydroxylation is 1. The molecule has 0 aliphatic heterocycles. The molecule has 0 amide bonds. The Labute approximate surface area is 134 Å². The lowest BCUT2D eigenvalue weighted by atomic mass is 10.2. The lowest BCUT2D eigenvalue weighted by Gasteiger charge is -2.14. The molecule has 1 unspecified atom stereocenters. The monoisotopic (exact) mass is 309 g/mol. The molecule has 3 rings (SSSR count). The molecule has 7 heteroatoms. The standard InChI is InChI=1S/C16H19N7/c1-3-9-23-15(19-11-20-23)12(2)21-16-18-8-6-14(22-16)13-5-4-7-17-10-13/h4-8,10-12H,3,9H2,1-2H3,(H,18,21,22). The summed E-state index contributed by atoms with van der Waals surface area (Å²) in [6.07, 6.45) is 7.85. The fourth-order valence-electron chi connectivity index (χ4n) is 2.35. The summed E-state index contributed by atoms with van der Waals surface area (Å²) in [6, 6.07) is 5.70. The molecule has 7 nitrogen and oxygen atoms in total. The van der Waals surface area contributed by atoms with Gasteiger partial charge in [0.05, 0.1) is 11.7 Å². The minimum absolute atomic E-state index is 0.0341. The third kappa shape index (κ3) is 3.50. The number of aromatic nitrogens is 6. The number of rotatable bonds is 6. The third-order valence-corrected chi connectivity index (χ3v) is 3.43. The van der Waals surface area contributed by atoms with Gasteiger partial charge in [0.1, 0.15) is 12.2 Å². The third-order valence-electron chi connectivity index (χ3n) is 3.43. The number of pyridine rings is 1. The van der Waals surface area contributed by atoms with E-state index < -0.39 is 0 Å². The van der Waals surface area contributed by atoms with E-state index in [2.05, 4.69) is 37.3 Å². The molecule has 0 fully saturated rings. The lowest BCUT2D eigenvalue weighted by molar-refractivity contribution is 0.553. The zero-order valence-electron chi connectivity index (χ0n) is 13.2. The summed E-state index contributed by atoms with van der Waals surface area (Å²) < 4.78 is 1.91. The first kappa shape index (κ1) is 15.1. The minimum atomic E-state index is -0.0341. The number of nitrogens with zero attached hydrogens (tertiary/aromatic N) is 6. The molecule has 0 saturated heterocycles. The Morgan fingerprint density at radius 2 is 2.13 bits per heavy atom. The fourth-order valence-corrected chi connectivity index (χ4v) is 2.35. The van der Waals surface area contributed by atoms with Crippen molar-refractivity contribution in [2.75, 3.05) is 5.32 Å². The summed E-state index contributed by atoms with van der Waals surface area (Å²) in [4.78, 5) is 17.3. The van der Waals surface area contributed by atoms with Gasteiger partial charge in [0, 0.05) is 30.7 Å². The van der Waals surface area contributed by atoms with Crippen LogP contribution < -0.4 is 5.32 Å². The number of anilines is 1. The summed E-state index contributed by atoms with van der Waals surface area (Å²) in [5.74, 6) is 1.44. The number of nitrogens with one attached hydrogen (secondary N) is 1. The van der Waals surface area contributed by atoms with Crippen molar-refractivity contribution < 1.29 is 0 Å². The first-order valence-corrected chi connectivity index (χ1v) is 7.65. The van der Waals surface area contributed by atoms with E-state index in [0.29, 0.717) is 5.95 Å². The van der Waals surface area contributed by atoms with Crippen molar-refractivity contribution in [3.05, 3.63) is 48.9 Å². The molecule has 23 heavy (non-hydrogen) atoms. The van der Waals surface area contributed by atoms with E-state index in [0.717, 1.165) is 30.0 Å². The van der Waals surface area contributed by atoms with Crippen molar-refractivity contribution in [1.29, 1.82) is 0 Å². The predicted molar refractivity (Wildman–Crippen MR) is 87.6 cm³/mol. The molecule has 1 N–H and O–H groups in total. The van der Waals surface area contributed by atoms with Gasteiger partial charge >= 0.3 is 0 Å². The van der Waals surface area contributed by atoms with Crippen molar-refractivity contribution >= 4 is 5.95 Å². The van der Waals surface area contributed by atoms with E-state index in [-0.39, 0.29) is 6.04 Å². The van der Waals surface area contributed by atoms with Crippen molar-refractivity contribution in [2.24, 2.45) is 0 Å². The van der Waals surface area contributed by atoms with E-state index in [4.69, 9.17) is 0 Å². The average Bonchev–Trinajstić information content (AvgIpc) is 3.05. The fraction of sp³-hybridized carbons (Fsp3) is 0.312. The highest BCUT2D eigenvalue weighted by Crippen LogP contribution is 2.19. The molecule has 0 saturated carbocycles. The Balaban J connectivity index is 1.79. The SMILES string of the molecule is CCCn1ncnc1C(C)Nc1nccc(-c2cccnc2)n1. The molecule has 118 valence electrons. The highest BCUT2D eigenvalue weighted by molar-refractivity contribution is 5.58. The van der Waals surface area contributed by atoms with Gasteiger partial charge in [0.15, 0.2) is 0 Å². The maximum absolute atomic E-state index is 4.55. The Bertz CT molecular complexity index is 754. The summed E-state index contributed by atoms with van der Waals surface area (Å²) >= 11 is 0. The summed E-state index contributed by atoms with van der Waals surface area (Å²) in [6.45, 7) is 4.98. The highest BCUT2D eigenvalue weighted by Gasteiger charge is 2.14. The molecule has 3 heterocycles. The molecular weight excluding hydrogens is 290 g/mol. The zero-order chi connectivity index (χ0) is 16.1. The number of hydrogen-bond donors (Lipinski definition) is 1. The van der Waals surface area contributed by atoms with Crippen LogP contribution in [0.25, 0.3) is 11.3 Å². The van der Waals surface area contributed by atoms with Gasteiger partial charge in [-0.1, -0.05) is 6.92 Å². The molecule has 0 aliphatic rings. The summed E-state index contributed by atoms with van der Waals surface area (Å²) in [5.41, 5.74) is 1.79. The second-order valence-electron chi connectivity index (χ2n) is 5.21. The van der Waals surface area contributed by atoms with Crippen LogP contribution in [-0.4, -0.2) is 29.7 Å². The molecule has 0 spiro atoms. The molecule has 1 atom stereocenters. The Kier molecular flexibility index (Phi) is 4.56. The molecule has 0 aromatic carbocycles. The van der Waals surface area contributed by atoms with E-state index in [9.17, 15) is 0 Å². The zero-order valence-corrected chi connectivity index (χ0v) is 13.2. The lowest BCUT2D eigenvalue weighted by Crippen LogP contribution is -2.16. The minimum Gasteiger partial charge on any atom is -0.344 e. The topological polar surface area (TPSA) is 81.4 Å². The largest absolute Gasteiger partial charge is 0.344 e. The van der Waals surface area contributed by atoms with Gasteiger partial charge < -0.3 is 5.32 Å². The molecular formula is C16H19N7. The second-order valence-corrected chi connectivity index (χ2v) is 5.21. The van der Waals surface area contributed by atoms with Crippen LogP contribution in [0.2, 0.25) is 0 Å². The molecule has 0 aliphatic carbocycles. The Morgan fingerprint density at radius 3 is 2.91 bits per heavy atom. The maximum Gasteiger partial charge on any atom is 0.223 e. The molecule has 3 aromatic heterocycles. The predicted octanol–water partition coefficient (Wildman–Crippen LogP) is 2.71. The van der Waals surface area contributed by atoms with Gasteiger partial charge in [-0.2, -0.15) is 5.10 Å². The first-order chi connectivity index (χ1) is 11.3. The van der Waals surface area contributed by atoms with Crippen molar-refractivity contribution in [2.45, 2.75) is 32.9 Å². The number of hydrogen-bond acceptors (Lipinski definition) is 6. The molecule has 0 bridgehead atoms. The Morgan fingerprint density at radius 1 is 1.22 bits per heavy atom. The van der Waals surface area contributed by atoms with E-state index in [1.807, 2.05) is 29.8 Å². The van der Waals surface area contributed by atoms with Gasteiger partial charge in [-0.25, -0.2) is 19.6 Å². The Hall–Kier alpha value is -2.83. The van der Waals surface area contributed by atoms with Crippen molar-refractivity contribution in [1.82, 2.24) is 29.7 Å². The van der Waals surface area contributed by atoms with Crippen LogP contribution in [-0.2, 0) is 6.54 Å². The normalized spacial score (nSPS) is 12.1. The van der Waals surface area contributed by atoms with Gasteiger partial charge in [-0.3, -0.25) is 4.98 Å².